The van der Waals surface area contributed by atoms with Gasteiger partial charge in [0.2, 0.25) is 0 Å². The number of halogens is 1. The Hall–Kier alpha value is -1.22. The number of benzene rings is 1. The SMILES string of the molecule is CC(=O)c1sc2ccccc2c1F. The van der Waals surface area contributed by atoms with Crippen LogP contribution >= 0.6 is 11.3 Å². The van der Waals surface area contributed by atoms with E-state index >= 15 is 0 Å². The summed E-state index contributed by atoms with van der Waals surface area (Å²) < 4.78 is 14.3. The molecular weight excluding hydrogens is 187 g/mol. The third-order valence-electron chi connectivity index (χ3n) is 1.85. The van der Waals surface area contributed by atoms with E-state index in [0.29, 0.717) is 5.39 Å². The number of carbonyl (C=O) groups is 1. The minimum absolute atomic E-state index is 0.210. The quantitative estimate of drug-likeness (QED) is 0.637. The Morgan fingerprint density at radius 2 is 2.08 bits per heavy atom. The Kier molecular flexibility index (Phi) is 1.88. The first-order valence-corrected chi connectivity index (χ1v) is 4.70. The molecule has 0 bridgehead atoms. The highest BCUT2D eigenvalue weighted by Gasteiger charge is 2.14. The van der Waals surface area contributed by atoms with E-state index in [1.807, 2.05) is 12.1 Å². The van der Waals surface area contributed by atoms with Crippen LogP contribution in [-0.2, 0) is 0 Å². The molecule has 1 aromatic heterocycles. The van der Waals surface area contributed by atoms with Gasteiger partial charge >= 0.3 is 0 Å². The van der Waals surface area contributed by atoms with E-state index in [1.54, 1.807) is 12.1 Å². The van der Waals surface area contributed by atoms with Gasteiger partial charge in [-0.3, -0.25) is 4.79 Å². The van der Waals surface area contributed by atoms with Gasteiger partial charge in [-0.15, -0.1) is 11.3 Å². The lowest BCUT2D eigenvalue weighted by Crippen LogP contribution is -1.89. The number of carbonyl (C=O) groups excluding carboxylic acids is 1. The average Bonchev–Trinajstić information content (AvgIpc) is 2.45. The standard InChI is InChI=1S/C10H7FOS/c1-6(12)10-9(11)7-4-2-3-5-8(7)13-10/h2-5H,1H3. The molecule has 0 aliphatic carbocycles. The van der Waals surface area contributed by atoms with E-state index in [1.165, 1.54) is 18.3 Å². The van der Waals surface area contributed by atoms with Crippen LogP contribution in [0.3, 0.4) is 0 Å². The zero-order valence-electron chi connectivity index (χ0n) is 7.00. The molecule has 0 spiro atoms. The number of fused-ring (bicyclic) bond motifs is 1. The Morgan fingerprint density at radius 3 is 2.69 bits per heavy atom. The lowest BCUT2D eigenvalue weighted by Gasteiger charge is -1.87. The molecular formula is C10H7FOS. The minimum Gasteiger partial charge on any atom is -0.293 e. The summed E-state index contributed by atoms with van der Waals surface area (Å²) in [5.74, 6) is -0.591. The number of hydrogen-bond donors (Lipinski definition) is 0. The normalized spacial score (nSPS) is 10.6. The molecule has 0 aliphatic rings. The van der Waals surface area contributed by atoms with Gasteiger partial charge in [0, 0.05) is 17.0 Å². The van der Waals surface area contributed by atoms with Gasteiger partial charge in [0.1, 0.15) is 4.88 Å². The first kappa shape index (κ1) is 8.38. The van der Waals surface area contributed by atoms with Gasteiger partial charge in [-0.25, -0.2) is 4.39 Å². The zero-order valence-corrected chi connectivity index (χ0v) is 7.82. The lowest BCUT2D eigenvalue weighted by atomic mass is 10.2. The first-order chi connectivity index (χ1) is 6.20. The van der Waals surface area contributed by atoms with Crippen molar-refractivity contribution in [2.75, 3.05) is 0 Å². The summed E-state index contributed by atoms with van der Waals surface area (Å²) in [5.41, 5.74) is 0. The summed E-state index contributed by atoms with van der Waals surface area (Å²) in [6.45, 7) is 1.38. The molecule has 1 aromatic carbocycles. The number of thiophene rings is 1. The molecule has 0 unspecified atom stereocenters. The topological polar surface area (TPSA) is 17.1 Å². The summed E-state index contributed by atoms with van der Waals surface area (Å²) in [6, 6.07) is 7.10. The predicted molar refractivity (Wildman–Crippen MR) is 51.8 cm³/mol. The number of rotatable bonds is 1. The second-order valence-electron chi connectivity index (χ2n) is 2.80. The van der Waals surface area contributed by atoms with Crippen molar-refractivity contribution in [3.05, 3.63) is 35.0 Å². The van der Waals surface area contributed by atoms with Crippen molar-refractivity contribution >= 4 is 27.2 Å². The van der Waals surface area contributed by atoms with Gasteiger partial charge in [-0.2, -0.15) is 0 Å². The first-order valence-electron chi connectivity index (χ1n) is 3.88. The van der Waals surface area contributed by atoms with E-state index in [4.69, 9.17) is 0 Å². The summed E-state index contributed by atoms with van der Waals surface area (Å²) in [4.78, 5) is 11.2. The molecule has 3 heteroatoms. The largest absolute Gasteiger partial charge is 0.293 e. The van der Waals surface area contributed by atoms with Crippen LogP contribution in [0, 0.1) is 5.82 Å². The van der Waals surface area contributed by atoms with Crippen LogP contribution in [0.2, 0.25) is 0 Å². The highest BCUT2D eigenvalue weighted by molar-refractivity contribution is 7.20. The highest BCUT2D eigenvalue weighted by Crippen LogP contribution is 2.29. The van der Waals surface area contributed by atoms with Crippen LogP contribution in [0.25, 0.3) is 10.1 Å². The summed E-state index contributed by atoms with van der Waals surface area (Å²) in [5, 5.41) is 0.540. The van der Waals surface area contributed by atoms with Crippen molar-refractivity contribution in [1.29, 1.82) is 0 Å². The summed E-state index contributed by atoms with van der Waals surface area (Å²) in [6.07, 6.45) is 0. The van der Waals surface area contributed by atoms with Gasteiger partial charge < -0.3 is 0 Å². The lowest BCUT2D eigenvalue weighted by molar-refractivity contribution is 0.101. The van der Waals surface area contributed by atoms with E-state index in [0.717, 1.165) is 4.70 Å². The van der Waals surface area contributed by atoms with Crippen molar-refractivity contribution < 1.29 is 9.18 Å². The van der Waals surface area contributed by atoms with Crippen LogP contribution in [0.1, 0.15) is 16.6 Å². The van der Waals surface area contributed by atoms with Gasteiger partial charge in [-0.05, 0) is 6.07 Å². The molecule has 0 saturated heterocycles. The molecule has 0 fully saturated rings. The fraction of sp³-hybridized carbons (Fsp3) is 0.100. The molecule has 2 aromatic rings. The van der Waals surface area contributed by atoms with E-state index in [2.05, 4.69) is 0 Å². The van der Waals surface area contributed by atoms with Gasteiger partial charge in [0.15, 0.2) is 11.6 Å². The minimum atomic E-state index is -0.381. The Morgan fingerprint density at radius 1 is 1.38 bits per heavy atom. The van der Waals surface area contributed by atoms with Crippen molar-refractivity contribution in [3.63, 3.8) is 0 Å². The van der Waals surface area contributed by atoms with Gasteiger partial charge in [0.25, 0.3) is 0 Å². The Balaban J connectivity index is 2.81. The van der Waals surface area contributed by atoms with Crippen molar-refractivity contribution in [3.8, 4) is 0 Å². The molecule has 0 atom stereocenters. The van der Waals surface area contributed by atoms with E-state index in [-0.39, 0.29) is 16.5 Å². The highest BCUT2D eigenvalue weighted by atomic mass is 32.1. The van der Waals surface area contributed by atoms with Crippen LogP contribution in [0.15, 0.2) is 24.3 Å². The maximum atomic E-state index is 13.5. The van der Waals surface area contributed by atoms with Crippen molar-refractivity contribution in [1.82, 2.24) is 0 Å². The number of Topliss-reactive ketones (excluding diaryl/α,β-unsaturated/α-hetero) is 1. The molecule has 1 nitrogen and oxygen atoms in total. The van der Waals surface area contributed by atoms with Gasteiger partial charge in [0.05, 0.1) is 0 Å². The molecule has 0 radical (unpaired) electrons. The average molecular weight is 194 g/mol. The Bertz CT molecular complexity index is 473. The second kappa shape index (κ2) is 2.92. The third kappa shape index (κ3) is 1.25. The van der Waals surface area contributed by atoms with Gasteiger partial charge in [-0.1, -0.05) is 18.2 Å². The monoisotopic (exact) mass is 194 g/mol. The Labute approximate surface area is 78.8 Å². The third-order valence-corrected chi connectivity index (χ3v) is 3.10. The van der Waals surface area contributed by atoms with Crippen molar-refractivity contribution in [2.24, 2.45) is 0 Å². The maximum absolute atomic E-state index is 13.5. The summed E-state index contributed by atoms with van der Waals surface area (Å²) in [7, 11) is 0. The smallest absolute Gasteiger partial charge is 0.172 e. The van der Waals surface area contributed by atoms with Crippen LogP contribution in [-0.4, -0.2) is 5.78 Å². The molecule has 2 rings (SSSR count). The number of hydrogen-bond acceptors (Lipinski definition) is 2. The van der Waals surface area contributed by atoms with Crippen LogP contribution in [0.4, 0.5) is 4.39 Å². The van der Waals surface area contributed by atoms with E-state index < -0.39 is 0 Å². The second-order valence-corrected chi connectivity index (χ2v) is 3.85. The molecule has 0 saturated carbocycles. The molecule has 0 amide bonds. The molecule has 1 heterocycles. The summed E-state index contributed by atoms with van der Waals surface area (Å²) >= 11 is 1.21. The predicted octanol–water partition coefficient (Wildman–Crippen LogP) is 3.24. The van der Waals surface area contributed by atoms with Crippen LogP contribution in [0.5, 0.6) is 0 Å². The molecule has 66 valence electrons. The molecule has 13 heavy (non-hydrogen) atoms. The fourth-order valence-corrected chi connectivity index (χ4v) is 2.22. The van der Waals surface area contributed by atoms with Crippen LogP contribution < -0.4 is 0 Å². The van der Waals surface area contributed by atoms with Crippen molar-refractivity contribution in [2.45, 2.75) is 6.92 Å². The fourth-order valence-electron chi connectivity index (χ4n) is 1.24. The molecule has 0 aliphatic heterocycles. The number of ketones is 1. The molecule has 0 N–H and O–H groups in total. The maximum Gasteiger partial charge on any atom is 0.172 e. The van der Waals surface area contributed by atoms with E-state index in [9.17, 15) is 9.18 Å². The zero-order chi connectivity index (χ0) is 9.42.